The summed E-state index contributed by atoms with van der Waals surface area (Å²) < 4.78 is 5.27. The molecule has 1 unspecified atom stereocenters. The number of methoxy groups -OCH3 is 1. The summed E-state index contributed by atoms with van der Waals surface area (Å²) in [6.45, 7) is 4.53. The highest BCUT2D eigenvalue weighted by molar-refractivity contribution is 6.30. The van der Waals surface area contributed by atoms with Crippen LogP contribution in [0.5, 0.6) is 0 Å². The first-order valence-electron chi connectivity index (χ1n) is 11.9. The van der Waals surface area contributed by atoms with E-state index in [1.807, 2.05) is 24.3 Å². The van der Waals surface area contributed by atoms with Gasteiger partial charge in [0.15, 0.2) is 0 Å². The van der Waals surface area contributed by atoms with Gasteiger partial charge < -0.3 is 15.2 Å². The van der Waals surface area contributed by atoms with Crippen LogP contribution in [0.2, 0.25) is 5.02 Å². The molecule has 1 saturated carbocycles. The van der Waals surface area contributed by atoms with Gasteiger partial charge in [0.1, 0.15) is 5.54 Å². The lowest BCUT2D eigenvalue weighted by Gasteiger charge is -2.46. The van der Waals surface area contributed by atoms with Crippen molar-refractivity contribution in [2.45, 2.75) is 56.9 Å². The van der Waals surface area contributed by atoms with Crippen molar-refractivity contribution in [1.29, 1.82) is 0 Å². The van der Waals surface area contributed by atoms with Gasteiger partial charge in [-0.1, -0.05) is 67.4 Å². The van der Waals surface area contributed by atoms with E-state index in [2.05, 4.69) is 49.5 Å². The largest absolute Gasteiger partial charge is 0.467 e. The molecule has 2 aromatic rings. The Kier molecular flexibility index (Phi) is 6.88. The Bertz CT molecular complexity index is 1040. The van der Waals surface area contributed by atoms with Gasteiger partial charge in [0.25, 0.3) is 0 Å². The van der Waals surface area contributed by atoms with Crippen LogP contribution in [0, 0.1) is 11.8 Å². The number of nitrogens with one attached hydrogen (secondary N) is 1. The Morgan fingerprint density at radius 1 is 1.12 bits per heavy atom. The molecule has 0 saturated heterocycles. The van der Waals surface area contributed by atoms with Crippen LogP contribution in [0.3, 0.4) is 0 Å². The molecule has 2 aromatic carbocycles. The van der Waals surface area contributed by atoms with Crippen LogP contribution >= 0.6 is 11.6 Å². The number of aliphatic hydroxyl groups excluding tert-OH is 1. The number of ether oxygens (including phenoxy) is 1. The Hall–Kier alpha value is -2.30. The molecule has 5 heteroatoms. The standard InChI is InChI=1S/C28H34ClNO3/c1-19(2)21(18-31)16-22-15-20-7-4-5-10-25(20)27(22)11-13-28(14-12-27,26(32)33-3)30-24-9-6-8-23(29)17-24/h4-10,15,17,19,21,30-31H,11-14,16,18H2,1-3H3. The molecule has 0 radical (unpaired) electrons. The molecule has 2 aliphatic rings. The molecule has 176 valence electrons. The van der Waals surface area contributed by atoms with Gasteiger partial charge in [-0.25, -0.2) is 4.79 Å². The summed E-state index contributed by atoms with van der Waals surface area (Å²) in [6.07, 6.45) is 6.20. The third-order valence-electron chi connectivity index (χ3n) is 7.82. The van der Waals surface area contributed by atoms with Crippen LogP contribution < -0.4 is 5.32 Å². The zero-order chi connectivity index (χ0) is 23.6. The number of carbonyl (C=O) groups excluding carboxylic acids is 1. The fraction of sp³-hybridized carbons (Fsp3) is 0.464. The lowest BCUT2D eigenvalue weighted by Crippen LogP contribution is -2.52. The second kappa shape index (κ2) is 9.52. The smallest absolute Gasteiger partial charge is 0.331 e. The Morgan fingerprint density at radius 2 is 1.85 bits per heavy atom. The van der Waals surface area contributed by atoms with Crippen LogP contribution in [-0.2, 0) is 14.9 Å². The fourth-order valence-electron chi connectivity index (χ4n) is 5.72. The van der Waals surface area contributed by atoms with Gasteiger partial charge in [-0.2, -0.15) is 0 Å². The number of anilines is 1. The molecule has 0 amide bonds. The summed E-state index contributed by atoms with van der Waals surface area (Å²) in [5.74, 6) is 0.391. The van der Waals surface area contributed by atoms with Crippen LogP contribution in [0.4, 0.5) is 5.69 Å². The van der Waals surface area contributed by atoms with E-state index in [9.17, 15) is 9.90 Å². The summed E-state index contributed by atoms with van der Waals surface area (Å²) >= 11 is 6.20. The number of benzene rings is 2. The van der Waals surface area contributed by atoms with Crippen LogP contribution in [0.1, 0.15) is 57.1 Å². The summed E-state index contributed by atoms with van der Waals surface area (Å²) in [6, 6.07) is 16.1. The van der Waals surface area contributed by atoms with Gasteiger partial charge in [-0.3, -0.25) is 0 Å². The molecule has 0 bridgehead atoms. The summed E-state index contributed by atoms with van der Waals surface area (Å²) in [4.78, 5) is 13.1. The number of esters is 1. The van der Waals surface area contributed by atoms with Crippen molar-refractivity contribution in [1.82, 2.24) is 0 Å². The SMILES string of the molecule is COC(=O)C1(Nc2cccc(Cl)c2)CCC2(CC1)C(CC(CO)C(C)C)=Cc1ccccc12. The number of fused-ring (bicyclic) bond motifs is 2. The molecule has 4 nitrogen and oxygen atoms in total. The van der Waals surface area contributed by atoms with E-state index in [0.29, 0.717) is 23.8 Å². The Labute approximate surface area is 202 Å². The van der Waals surface area contributed by atoms with Crippen molar-refractivity contribution in [3.8, 4) is 0 Å². The van der Waals surface area contributed by atoms with Crippen LogP contribution in [0.25, 0.3) is 6.08 Å². The first kappa shape index (κ1) is 23.8. The monoisotopic (exact) mass is 467 g/mol. The average Bonchev–Trinajstić information content (AvgIpc) is 3.11. The summed E-state index contributed by atoms with van der Waals surface area (Å²) in [5.41, 5.74) is 3.93. The van der Waals surface area contributed by atoms with Crippen LogP contribution in [-0.4, -0.2) is 30.3 Å². The molecule has 33 heavy (non-hydrogen) atoms. The van der Waals surface area contributed by atoms with Crippen molar-refractivity contribution in [3.63, 3.8) is 0 Å². The van der Waals surface area contributed by atoms with E-state index in [1.165, 1.54) is 23.8 Å². The molecular weight excluding hydrogens is 434 g/mol. The van der Waals surface area contributed by atoms with E-state index in [0.717, 1.165) is 24.9 Å². The molecule has 1 atom stereocenters. The highest BCUT2D eigenvalue weighted by atomic mass is 35.5. The van der Waals surface area contributed by atoms with Gasteiger partial charge >= 0.3 is 5.97 Å². The number of halogens is 1. The zero-order valence-electron chi connectivity index (χ0n) is 19.7. The minimum Gasteiger partial charge on any atom is -0.467 e. The second-order valence-corrected chi connectivity index (χ2v) is 10.4. The third-order valence-corrected chi connectivity index (χ3v) is 8.06. The molecule has 1 fully saturated rings. The number of aliphatic hydroxyl groups is 1. The minimum atomic E-state index is -0.790. The van der Waals surface area contributed by atoms with Crippen molar-refractivity contribution in [3.05, 3.63) is 70.3 Å². The lowest BCUT2D eigenvalue weighted by molar-refractivity contribution is -0.147. The van der Waals surface area contributed by atoms with Gasteiger partial charge in [-0.15, -0.1) is 0 Å². The van der Waals surface area contributed by atoms with Crippen molar-refractivity contribution in [2.75, 3.05) is 19.0 Å². The normalized spacial score (nSPS) is 25.0. The average molecular weight is 468 g/mol. The number of rotatable bonds is 7. The van der Waals surface area contributed by atoms with Crippen LogP contribution in [0.15, 0.2) is 54.1 Å². The fourth-order valence-corrected chi connectivity index (χ4v) is 5.91. The first-order chi connectivity index (χ1) is 15.8. The molecule has 4 rings (SSSR count). The van der Waals surface area contributed by atoms with E-state index < -0.39 is 5.54 Å². The predicted octanol–water partition coefficient (Wildman–Crippen LogP) is 6.23. The highest BCUT2D eigenvalue weighted by Gasteiger charge is 2.52. The number of hydrogen-bond donors (Lipinski definition) is 2. The lowest BCUT2D eigenvalue weighted by atomic mass is 9.61. The quantitative estimate of drug-likeness (QED) is 0.474. The first-order valence-corrected chi connectivity index (χ1v) is 12.2. The minimum absolute atomic E-state index is 0.105. The Morgan fingerprint density at radius 3 is 2.48 bits per heavy atom. The molecule has 2 aliphatic carbocycles. The predicted molar refractivity (Wildman–Crippen MR) is 134 cm³/mol. The number of allylic oxidation sites excluding steroid dienone is 1. The molecule has 0 aromatic heterocycles. The molecular formula is C28H34ClNO3. The molecule has 1 spiro atoms. The van der Waals surface area contributed by atoms with Gasteiger partial charge in [0.05, 0.1) is 7.11 Å². The maximum absolute atomic E-state index is 13.1. The highest BCUT2D eigenvalue weighted by Crippen LogP contribution is 2.55. The summed E-state index contributed by atoms with van der Waals surface area (Å²) in [7, 11) is 1.46. The van der Waals surface area contributed by atoms with Crippen molar-refractivity contribution < 1.29 is 14.6 Å². The van der Waals surface area contributed by atoms with Gasteiger partial charge in [0, 0.05) is 22.7 Å². The van der Waals surface area contributed by atoms with Gasteiger partial charge in [0.2, 0.25) is 0 Å². The maximum atomic E-state index is 13.1. The number of hydrogen-bond acceptors (Lipinski definition) is 4. The molecule has 0 aliphatic heterocycles. The Balaban J connectivity index is 1.66. The van der Waals surface area contributed by atoms with Crippen molar-refractivity contribution in [2.24, 2.45) is 11.8 Å². The van der Waals surface area contributed by atoms with E-state index in [1.54, 1.807) is 0 Å². The zero-order valence-corrected chi connectivity index (χ0v) is 20.5. The number of carbonyl (C=O) groups is 1. The summed E-state index contributed by atoms with van der Waals surface area (Å²) in [5, 5.41) is 14.1. The van der Waals surface area contributed by atoms with E-state index >= 15 is 0 Å². The van der Waals surface area contributed by atoms with Gasteiger partial charge in [-0.05, 0) is 73.3 Å². The van der Waals surface area contributed by atoms with Crippen molar-refractivity contribution >= 4 is 29.3 Å². The molecule has 2 N–H and O–H groups in total. The van der Waals surface area contributed by atoms with E-state index in [-0.39, 0.29) is 23.9 Å². The topological polar surface area (TPSA) is 58.6 Å². The van der Waals surface area contributed by atoms with E-state index in [4.69, 9.17) is 16.3 Å². The molecule has 0 heterocycles. The second-order valence-electron chi connectivity index (χ2n) is 9.94. The third kappa shape index (κ3) is 4.43. The maximum Gasteiger partial charge on any atom is 0.331 e.